The molecule has 3 aromatic rings. The Morgan fingerprint density at radius 1 is 0.853 bits per heavy atom. The molecule has 3 N–H and O–H groups in total. The molecule has 1 heterocycles. The third-order valence-electron chi connectivity index (χ3n) is 5.32. The Hall–Kier alpha value is -2.52. The number of aromatic nitrogens is 2. The quantitative estimate of drug-likeness (QED) is 0.201. The molecule has 0 saturated heterocycles. The van der Waals surface area contributed by atoms with E-state index < -0.39 is 0 Å². The lowest BCUT2D eigenvalue weighted by Crippen LogP contribution is -2.21. The number of H-pyrrole nitrogens is 1. The number of thioether (sulfide) groups is 1. The van der Waals surface area contributed by atoms with E-state index in [0.717, 1.165) is 77.3 Å². The number of methoxy groups -OCH3 is 2. The summed E-state index contributed by atoms with van der Waals surface area (Å²) in [7, 11) is 3.34. The minimum atomic E-state index is 0.0799. The van der Waals surface area contributed by atoms with Crippen LogP contribution in [0.15, 0.2) is 53.7 Å². The second-order valence-corrected chi connectivity index (χ2v) is 8.80. The summed E-state index contributed by atoms with van der Waals surface area (Å²) in [6, 6.07) is 16.0. The van der Waals surface area contributed by atoms with Gasteiger partial charge >= 0.3 is 0 Å². The summed E-state index contributed by atoms with van der Waals surface area (Å²) in [4.78, 5) is 8.46. The number of ether oxygens (including phenoxy) is 3. The molecular formula is C26H35N3O4S. The van der Waals surface area contributed by atoms with E-state index >= 15 is 0 Å². The number of hydrogen-bond acceptors (Lipinski definition) is 7. The maximum atomic E-state index is 8.68. The van der Waals surface area contributed by atoms with Gasteiger partial charge in [0.2, 0.25) is 0 Å². The van der Waals surface area contributed by atoms with Crippen LogP contribution >= 0.6 is 11.8 Å². The molecule has 0 saturated carbocycles. The Morgan fingerprint density at radius 3 is 2.18 bits per heavy atom. The van der Waals surface area contributed by atoms with Gasteiger partial charge in [-0.2, -0.15) is 0 Å². The molecule has 1 aromatic heterocycles. The lowest BCUT2D eigenvalue weighted by Gasteiger charge is -2.06. The number of rotatable bonds is 16. The maximum Gasteiger partial charge on any atom is 0.166 e. The van der Waals surface area contributed by atoms with Crippen molar-refractivity contribution in [2.75, 3.05) is 52.9 Å². The van der Waals surface area contributed by atoms with Gasteiger partial charge in [-0.1, -0.05) is 18.2 Å². The predicted molar refractivity (Wildman–Crippen MR) is 138 cm³/mol. The normalized spacial score (nSPS) is 11.0. The van der Waals surface area contributed by atoms with Crippen molar-refractivity contribution in [3.05, 3.63) is 48.5 Å². The van der Waals surface area contributed by atoms with Crippen LogP contribution in [0.3, 0.4) is 0 Å². The fourth-order valence-electron chi connectivity index (χ4n) is 3.48. The zero-order chi connectivity index (χ0) is 24.0. The van der Waals surface area contributed by atoms with E-state index in [2.05, 4.69) is 22.4 Å². The van der Waals surface area contributed by atoms with Gasteiger partial charge in [-0.25, -0.2) is 4.98 Å². The molecule has 0 radical (unpaired) electrons. The number of unbranched alkanes of at least 4 members (excludes halogenated alkanes) is 2. The van der Waals surface area contributed by atoms with Crippen LogP contribution in [-0.2, 0) is 4.74 Å². The molecule has 2 aromatic carbocycles. The Bertz CT molecular complexity index is 896. The number of aliphatic hydroxyl groups is 1. The van der Waals surface area contributed by atoms with Gasteiger partial charge in [0.25, 0.3) is 0 Å². The molecule has 3 rings (SSSR count). The number of nitrogens with one attached hydrogen (secondary N) is 2. The first-order valence-corrected chi connectivity index (χ1v) is 12.6. The Kier molecular flexibility index (Phi) is 11.3. The van der Waals surface area contributed by atoms with E-state index in [-0.39, 0.29) is 6.61 Å². The molecule has 0 aliphatic heterocycles. The van der Waals surface area contributed by atoms with Crippen molar-refractivity contribution in [3.63, 3.8) is 0 Å². The van der Waals surface area contributed by atoms with Crippen molar-refractivity contribution in [1.82, 2.24) is 15.3 Å². The molecule has 0 fully saturated rings. The van der Waals surface area contributed by atoms with Crippen LogP contribution in [-0.4, -0.2) is 68.0 Å². The molecule has 184 valence electrons. The zero-order valence-electron chi connectivity index (χ0n) is 20.0. The van der Waals surface area contributed by atoms with E-state index in [1.54, 1.807) is 26.0 Å². The molecule has 0 amide bonds. The average molecular weight is 486 g/mol. The standard InChI is InChI=1S/C26H35N3O4S/c1-31-22-10-6-20(7-11-22)24-25(21-8-12-23(32-2)13-9-21)29-26(28-24)34-19-5-3-4-14-27-15-17-33-18-16-30/h6-13,27,30H,3-5,14-19H2,1-2H3,(H,28,29). The highest BCUT2D eigenvalue weighted by molar-refractivity contribution is 7.99. The van der Waals surface area contributed by atoms with Crippen LogP contribution in [0.25, 0.3) is 22.5 Å². The number of nitrogens with zero attached hydrogens (tertiary/aromatic N) is 1. The lowest BCUT2D eigenvalue weighted by atomic mass is 10.0. The van der Waals surface area contributed by atoms with Crippen molar-refractivity contribution < 1.29 is 19.3 Å². The average Bonchev–Trinajstić information content (AvgIpc) is 3.31. The second kappa shape index (κ2) is 14.7. The Labute approximate surface area is 206 Å². The topological polar surface area (TPSA) is 88.6 Å². The fraction of sp³-hybridized carbons (Fsp3) is 0.423. The summed E-state index contributed by atoms with van der Waals surface area (Å²) < 4.78 is 15.9. The van der Waals surface area contributed by atoms with Crippen molar-refractivity contribution in [1.29, 1.82) is 0 Å². The van der Waals surface area contributed by atoms with Gasteiger partial charge in [0.05, 0.1) is 45.4 Å². The van der Waals surface area contributed by atoms with Gasteiger partial charge in [0.1, 0.15) is 11.5 Å². The highest BCUT2D eigenvalue weighted by atomic mass is 32.2. The summed E-state index contributed by atoms with van der Waals surface area (Å²) in [5.74, 6) is 2.67. The van der Waals surface area contributed by atoms with Crippen LogP contribution in [0.2, 0.25) is 0 Å². The Morgan fingerprint density at radius 2 is 1.53 bits per heavy atom. The van der Waals surface area contributed by atoms with E-state index in [1.165, 1.54) is 0 Å². The lowest BCUT2D eigenvalue weighted by molar-refractivity contribution is 0.0939. The van der Waals surface area contributed by atoms with Crippen LogP contribution in [0.5, 0.6) is 11.5 Å². The largest absolute Gasteiger partial charge is 0.497 e. The molecular weight excluding hydrogens is 450 g/mol. The first-order valence-electron chi connectivity index (χ1n) is 11.7. The van der Waals surface area contributed by atoms with E-state index in [1.807, 2.05) is 36.4 Å². The number of benzene rings is 2. The van der Waals surface area contributed by atoms with E-state index in [9.17, 15) is 0 Å². The molecule has 0 unspecified atom stereocenters. The van der Waals surface area contributed by atoms with Crippen molar-refractivity contribution in [2.45, 2.75) is 24.4 Å². The minimum Gasteiger partial charge on any atom is -0.497 e. The number of aromatic amines is 1. The van der Waals surface area contributed by atoms with Gasteiger partial charge in [-0.15, -0.1) is 0 Å². The van der Waals surface area contributed by atoms with Gasteiger partial charge in [0, 0.05) is 23.4 Å². The van der Waals surface area contributed by atoms with Crippen LogP contribution in [0.1, 0.15) is 19.3 Å². The van der Waals surface area contributed by atoms with Crippen LogP contribution in [0.4, 0.5) is 0 Å². The molecule has 7 nitrogen and oxygen atoms in total. The van der Waals surface area contributed by atoms with E-state index in [4.69, 9.17) is 24.3 Å². The monoisotopic (exact) mass is 485 g/mol. The van der Waals surface area contributed by atoms with Crippen molar-refractivity contribution in [2.24, 2.45) is 0 Å². The first kappa shape index (κ1) is 26.1. The highest BCUT2D eigenvalue weighted by Crippen LogP contribution is 2.34. The molecule has 34 heavy (non-hydrogen) atoms. The van der Waals surface area contributed by atoms with Crippen molar-refractivity contribution in [3.8, 4) is 34.0 Å². The van der Waals surface area contributed by atoms with Gasteiger partial charge in [-0.05, 0) is 67.9 Å². The zero-order valence-corrected chi connectivity index (χ0v) is 20.8. The summed E-state index contributed by atoms with van der Waals surface area (Å²) >= 11 is 1.76. The molecule has 0 spiro atoms. The van der Waals surface area contributed by atoms with Crippen LogP contribution < -0.4 is 14.8 Å². The summed E-state index contributed by atoms with van der Waals surface area (Å²) in [6.07, 6.45) is 3.42. The van der Waals surface area contributed by atoms with Crippen LogP contribution in [0, 0.1) is 0 Å². The van der Waals surface area contributed by atoms with Crippen molar-refractivity contribution >= 4 is 11.8 Å². The molecule has 0 aliphatic rings. The summed E-state index contributed by atoms with van der Waals surface area (Å²) in [5, 5.41) is 13.0. The maximum absolute atomic E-state index is 8.68. The molecule has 0 aliphatic carbocycles. The molecule has 8 heteroatoms. The third kappa shape index (κ3) is 8.06. The molecule has 0 atom stereocenters. The summed E-state index contributed by atoms with van der Waals surface area (Å²) in [6.45, 7) is 2.94. The number of aliphatic hydroxyl groups excluding tert-OH is 1. The second-order valence-electron chi connectivity index (χ2n) is 7.72. The predicted octanol–water partition coefficient (Wildman–Crippen LogP) is 4.62. The highest BCUT2D eigenvalue weighted by Gasteiger charge is 2.15. The Balaban J connectivity index is 1.56. The third-order valence-corrected chi connectivity index (χ3v) is 6.28. The minimum absolute atomic E-state index is 0.0799. The smallest absolute Gasteiger partial charge is 0.166 e. The fourth-order valence-corrected chi connectivity index (χ4v) is 4.35. The number of imidazole rings is 1. The molecule has 0 bridgehead atoms. The SMILES string of the molecule is COc1ccc(-c2nc(SCCCCCNCCOCCO)[nH]c2-c2ccc(OC)cc2)cc1. The van der Waals surface area contributed by atoms with E-state index in [0.29, 0.717) is 13.2 Å². The number of hydrogen-bond donors (Lipinski definition) is 3. The van der Waals surface area contributed by atoms with Gasteiger partial charge in [-0.3, -0.25) is 0 Å². The van der Waals surface area contributed by atoms with Gasteiger partial charge in [0.15, 0.2) is 5.16 Å². The first-order chi connectivity index (χ1) is 16.7. The summed E-state index contributed by atoms with van der Waals surface area (Å²) in [5.41, 5.74) is 4.05. The van der Waals surface area contributed by atoms with Gasteiger partial charge < -0.3 is 29.6 Å².